The van der Waals surface area contributed by atoms with Gasteiger partial charge in [-0.2, -0.15) is 0 Å². The minimum Gasteiger partial charge on any atom is -0.461 e. The molecule has 0 radical (unpaired) electrons. The predicted octanol–water partition coefficient (Wildman–Crippen LogP) is 3.19. The van der Waals surface area contributed by atoms with Crippen molar-refractivity contribution in [2.75, 3.05) is 7.05 Å². The Hall–Kier alpha value is -1.28. The molecule has 1 heterocycles. The maximum absolute atomic E-state index is 5.59. The largest absolute Gasteiger partial charge is 0.461 e. The van der Waals surface area contributed by atoms with E-state index in [2.05, 4.69) is 23.9 Å². The zero-order chi connectivity index (χ0) is 10.8. The quantitative estimate of drug-likeness (QED) is 0.773. The van der Waals surface area contributed by atoms with Crippen molar-refractivity contribution < 1.29 is 4.42 Å². The van der Waals surface area contributed by atoms with Crippen LogP contribution in [0.2, 0.25) is 0 Å². The van der Waals surface area contributed by atoms with Gasteiger partial charge in [0.15, 0.2) is 0 Å². The molecule has 0 saturated heterocycles. The van der Waals surface area contributed by atoms with Gasteiger partial charge in [0.05, 0.1) is 0 Å². The molecule has 2 nitrogen and oxygen atoms in total. The van der Waals surface area contributed by atoms with Crippen LogP contribution >= 0.6 is 0 Å². The van der Waals surface area contributed by atoms with E-state index in [1.807, 2.05) is 13.0 Å². The molecule has 0 bridgehead atoms. The van der Waals surface area contributed by atoms with Gasteiger partial charge in [0.2, 0.25) is 0 Å². The SMILES string of the molecule is CN.Cc1cc2c(C3CC3)cccc2o1. The molecule has 0 aliphatic heterocycles. The number of nitrogens with two attached hydrogens (primary N) is 1. The van der Waals surface area contributed by atoms with Gasteiger partial charge >= 0.3 is 0 Å². The van der Waals surface area contributed by atoms with Gasteiger partial charge in [-0.05, 0) is 50.4 Å². The lowest BCUT2D eigenvalue weighted by Gasteiger charge is -1.97. The van der Waals surface area contributed by atoms with E-state index in [0.717, 1.165) is 17.3 Å². The summed E-state index contributed by atoms with van der Waals surface area (Å²) in [5.74, 6) is 1.82. The van der Waals surface area contributed by atoms with Gasteiger partial charge in [-0.1, -0.05) is 12.1 Å². The second kappa shape index (κ2) is 4.07. The summed E-state index contributed by atoms with van der Waals surface area (Å²) < 4.78 is 5.59. The standard InChI is InChI=1S/C12H12O.CH5N/c1-8-7-11-10(9-5-6-9)3-2-4-12(11)13-8;1-2/h2-4,7,9H,5-6H2,1H3;2H2,1H3. The van der Waals surface area contributed by atoms with Crippen LogP contribution in [-0.2, 0) is 0 Å². The Morgan fingerprint density at radius 3 is 2.67 bits per heavy atom. The lowest BCUT2D eigenvalue weighted by atomic mass is 10.1. The molecule has 0 amide bonds. The lowest BCUT2D eigenvalue weighted by molar-refractivity contribution is 0.578. The van der Waals surface area contributed by atoms with Gasteiger partial charge in [0.25, 0.3) is 0 Å². The molecular weight excluding hydrogens is 186 g/mol. The van der Waals surface area contributed by atoms with Crippen molar-refractivity contribution in [3.05, 3.63) is 35.6 Å². The first-order chi connectivity index (χ1) is 7.34. The van der Waals surface area contributed by atoms with Gasteiger partial charge in [-0.15, -0.1) is 0 Å². The van der Waals surface area contributed by atoms with Crippen molar-refractivity contribution in [1.29, 1.82) is 0 Å². The van der Waals surface area contributed by atoms with E-state index in [0.29, 0.717) is 0 Å². The maximum Gasteiger partial charge on any atom is 0.134 e. The molecule has 1 aliphatic carbocycles. The monoisotopic (exact) mass is 203 g/mol. The van der Waals surface area contributed by atoms with Gasteiger partial charge < -0.3 is 10.2 Å². The van der Waals surface area contributed by atoms with E-state index in [-0.39, 0.29) is 0 Å². The van der Waals surface area contributed by atoms with Crippen LogP contribution < -0.4 is 5.73 Å². The van der Waals surface area contributed by atoms with E-state index >= 15 is 0 Å². The number of rotatable bonds is 1. The Morgan fingerprint density at radius 1 is 1.27 bits per heavy atom. The normalized spacial score (nSPS) is 14.9. The summed E-state index contributed by atoms with van der Waals surface area (Å²) in [4.78, 5) is 0. The van der Waals surface area contributed by atoms with Crippen molar-refractivity contribution in [1.82, 2.24) is 0 Å². The molecule has 1 aliphatic rings. The number of hydrogen-bond donors (Lipinski definition) is 1. The van der Waals surface area contributed by atoms with Crippen LogP contribution in [0.3, 0.4) is 0 Å². The smallest absolute Gasteiger partial charge is 0.134 e. The average Bonchev–Trinajstić information content (AvgIpc) is 3.02. The molecule has 2 heteroatoms. The fourth-order valence-electron chi connectivity index (χ4n) is 1.96. The molecule has 2 N–H and O–H groups in total. The number of fused-ring (bicyclic) bond motifs is 1. The molecule has 0 unspecified atom stereocenters. The highest BCUT2D eigenvalue weighted by molar-refractivity contribution is 5.82. The van der Waals surface area contributed by atoms with E-state index in [4.69, 9.17) is 4.42 Å². The summed E-state index contributed by atoms with van der Waals surface area (Å²) in [6, 6.07) is 8.53. The molecule has 80 valence electrons. The highest BCUT2D eigenvalue weighted by Gasteiger charge is 2.25. The van der Waals surface area contributed by atoms with Crippen LogP contribution in [0.25, 0.3) is 11.0 Å². The summed E-state index contributed by atoms with van der Waals surface area (Å²) in [6.07, 6.45) is 2.70. The third-order valence-corrected chi connectivity index (χ3v) is 2.74. The molecule has 0 atom stereocenters. The highest BCUT2D eigenvalue weighted by Crippen LogP contribution is 2.43. The fourth-order valence-corrected chi connectivity index (χ4v) is 1.96. The van der Waals surface area contributed by atoms with Crippen LogP contribution in [0.15, 0.2) is 28.7 Å². The van der Waals surface area contributed by atoms with E-state index in [9.17, 15) is 0 Å². The second-order valence-electron chi connectivity index (χ2n) is 3.89. The minimum atomic E-state index is 0.806. The van der Waals surface area contributed by atoms with Crippen molar-refractivity contribution >= 4 is 11.0 Å². The number of hydrogen-bond acceptors (Lipinski definition) is 2. The first-order valence-corrected chi connectivity index (χ1v) is 5.41. The Balaban J connectivity index is 0.000000404. The Kier molecular flexibility index (Phi) is 2.78. The van der Waals surface area contributed by atoms with E-state index in [1.54, 1.807) is 0 Å². The third-order valence-electron chi connectivity index (χ3n) is 2.74. The Labute approximate surface area is 90.1 Å². The van der Waals surface area contributed by atoms with Crippen LogP contribution in [0.5, 0.6) is 0 Å². The van der Waals surface area contributed by atoms with Crippen LogP contribution in [-0.4, -0.2) is 7.05 Å². The second-order valence-corrected chi connectivity index (χ2v) is 3.89. The minimum absolute atomic E-state index is 0.806. The van der Waals surface area contributed by atoms with E-state index < -0.39 is 0 Å². The molecule has 2 aromatic rings. The van der Waals surface area contributed by atoms with Crippen LogP contribution in [0.4, 0.5) is 0 Å². The Bertz CT molecular complexity index is 455. The average molecular weight is 203 g/mol. The first kappa shape index (κ1) is 10.2. The first-order valence-electron chi connectivity index (χ1n) is 5.41. The summed E-state index contributed by atoms with van der Waals surface area (Å²) >= 11 is 0. The third kappa shape index (κ3) is 1.90. The molecule has 15 heavy (non-hydrogen) atoms. The van der Waals surface area contributed by atoms with Crippen molar-refractivity contribution in [3.63, 3.8) is 0 Å². The Morgan fingerprint density at radius 2 is 2.00 bits per heavy atom. The van der Waals surface area contributed by atoms with Gasteiger partial charge in [-0.25, -0.2) is 0 Å². The van der Waals surface area contributed by atoms with Gasteiger partial charge in [-0.3, -0.25) is 0 Å². The molecule has 1 aromatic heterocycles. The van der Waals surface area contributed by atoms with Crippen LogP contribution in [0.1, 0.15) is 30.1 Å². The topological polar surface area (TPSA) is 39.2 Å². The van der Waals surface area contributed by atoms with Crippen LogP contribution in [0, 0.1) is 6.92 Å². The fraction of sp³-hybridized carbons (Fsp3) is 0.385. The number of aryl methyl sites for hydroxylation is 1. The van der Waals surface area contributed by atoms with Crippen molar-refractivity contribution in [2.45, 2.75) is 25.7 Å². The maximum atomic E-state index is 5.59. The van der Waals surface area contributed by atoms with E-state index in [1.165, 1.54) is 30.8 Å². The lowest BCUT2D eigenvalue weighted by Crippen LogP contribution is -1.78. The summed E-state index contributed by atoms with van der Waals surface area (Å²) in [7, 11) is 1.50. The summed E-state index contributed by atoms with van der Waals surface area (Å²) in [5, 5.41) is 1.32. The number of furan rings is 1. The molecule has 1 saturated carbocycles. The van der Waals surface area contributed by atoms with Crippen molar-refractivity contribution in [2.24, 2.45) is 5.73 Å². The summed E-state index contributed by atoms with van der Waals surface area (Å²) in [5.41, 5.74) is 7.02. The zero-order valence-electron chi connectivity index (χ0n) is 9.29. The van der Waals surface area contributed by atoms with Crippen molar-refractivity contribution in [3.8, 4) is 0 Å². The van der Waals surface area contributed by atoms with Gasteiger partial charge in [0.1, 0.15) is 11.3 Å². The predicted molar refractivity (Wildman–Crippen MR) is 63.0 cm³/mol. The molecule has 1 aromatic carbocycles. The molecule has 1 fully saturated rings. The molecule has 3 rings (SSSR count). The zero-order valence-corrected chi connectivity index (χ0v) is 9.29. The van der Waals surface area contributed by atoms with Gasteiger partial charge in [0, 0.05) is 5.39 Å². The number of benzene rings is 1. The molecule has 0 spiro atoms. The highest BCUT2D eigenvalue weighted by atomic mass is 16.3. The molecular formula is C13H17NO. The summed E-state index contributed by atoms with van der Waals surface area (Å²) in [6.45, 7) is 2.01.